The molecule has 1 aliphatic rings. The van der Waals surface area contributed by atoms with E-state index in [9.17, 15) is 4.79 Å². The van der Waals surface area contributed by atoms with Gasteiger partial charge in [-0.1, -0.05) is 6.92 Å². The number of carbonyl (C=O) groups excluding carboxylic acids is 1. The molecule has 0 radical (unpaired) electrons. The lowest BCUT2D eigenvalue weighted by Gasteiger charge is -2.32. The second-order valence-electron chi connectivity index (χ2n) is 4.36. The summed E-state index contributed by atoms with van der Waals surface area (Å²) in [5.41, 5.74) is 7.49. The summed E-state index contributed by atoms with van der Waals surface area (Å²) in [5, 5.41) is 0. The van der Waals surface area contributed by atoms with Crippen LogP contribution in [-0.2, 0) is 11.2 Å². The van der Waals surface area contributed by atoms with Crippen molar-refractivity contribution in [2.75, 3.05) is 18.5 Å². The van der Waals surface area contributed by atoms with E-state index in [-0.39, 0.29) is 5.91 Å². The molecule has 0 spiro atoms. The largest absolute Gasteiger partial charge is 0.477 e. The van der Waals surface area contributed by atoms with Crippen molar-refractivity contribution in [2.45, 2.75) is 25.9 Å². The van der Waals surface area contributed by atoms with Gasteiger partial charge >= 0.3 is 0 Å². The first kappa shape index (κ1) is 13.4. The molecule has 98 valence electrons. The molecule has 5 heteroatoms. The van der Waals surface area contributed by atoms with E-state index in [4.69, 9.17) is 10.5 Å². The Morgan fingerprint density at radius 3 is 2.83 bits per heavy atom. The first-order valence-corrected chi connectivity index (χ1v) is 6.84. The van der Waals surface area contributed by atoms with Gasteiger partial charge < -0.3 is 15.4 Å². The average molecular weight is 313 g/mol. The Bertz CT molecular complexity index is 476. The fraction of sp³-hybridized carbons (Fsp3) is 0.462. The summed E-state index contributed by atoms with van der Waals surface area (Å²) in [7, 11) is 1.78. The van der Waals surface area contributed by atoms with Crippen molar-refractivity contribution in [1.82, 2.24) is 0 Å². The molecule has 0 aromatic heterocycles. The summed E-state index contributed by atoms with van der Waals surface area (Å²) < 4.78 is 6.65. The van der Waals surface area contributed by atoms with Crippen LogP contribution in [0, 0.1) is 0 Å². The fourth-order valence-corrected chi connectivity index (χ4v) is 2.66. The molecular weight excluding hydrogens is 296 g/mol. The molecule has 0 saturated carbocycles. The molecule has 0 aliphatic carbocycles. The minimum absolute atomic E-state index is 0.0342. The van der Waals surface area contributed by atoms with E-state index in [1.165, 1.54) is 5.56 Å². The Labute approximate surface area is 115 Å². The van der Waals surface area contributed by atoms with E-state index >= 15 is 0 Å². The highest BCUT2D eigenvalue weighted by atomic mass is 79.9. The minimum Gasteiger partial charge on any atom is -0.477 e. The predicted molar refractivity (Wildman–Crippen MR) is 75.0 cm³/mol. The van der Waals surface area contributed by atoms with E-state index in [2.05, 4.69) is 22.9 Å². The number of anilines is 1. The summed E-state index contributed by atoms with van der Waals surface area (Å²) in [6.45, 7) is 2.52. The number of ether oxygens (including phenoxy) is 1. The highest BCUT2D eigenvalue weighted by Crippen LogP contribution is 2.41. The summed E-state index contributed by atoms with van der Waals surface area (Å²) >= 11 is 3.51. The van der Waals surface area contributed by atoms with Crippen molar-refractivity contribution in [3.63, 3.8) is 0 Å². The van der Waals surface area contributed by atoms with Crippen LogP contribution in [0.2, 0.25) is 0 Å². The first-order valence-electron chi connectivity index (χ1n) is 6.05. The molecule has 2 N–H and O–H groups in total. The Kier molecular flexibility index (Phi) is 3.92. The van der Waals surface area contributed by atoms with Crippen LogP contribution < -0.4 is 15.4 Å². The molecule has 4 nitrogen and oxygen atoms in total. The van der Waals surface area contributed by atoms with Gasteiger partial charge in [0.05, 0.1) is 10.2 Å². The maximum Gasteiger partial charge on any atom is 0.267 e. The number of benzene rings is 1. The van der Waals surface area contributed by atoms with Crippen molar-refractivity contribution in [3.05, 3.63) is 22.2 Å². The number of aryl methyl sites for hydroxylation is 1. The van der Waals surface area contributed by atoms with E-state index in [1.54, 1.807) is 11.9 Å². The number of likely N-dealkylation sites (N-methyl/N-ethyl adjacent to an activating group) is 1. The molecule has 0 saturated heterocycles. The number of hydrogen-bond donors (Lipinski definition) is 1. The van der Waals surface area contributed by atoms with Gasteiger partial charge in [0.15, 0.2) is 11.9 Å². The zero-order chi connectivity index (χ0) is 13.3. The molecule has 0 fully saturated rings. The molecular formula is C13H17BrN2O2. The van der Waals surface area contributed by atoms with Crippen LogP contribution in [0.5, 0.6) is 5.75 Å². The van der Waals surface area contributed by atoms with Crippen LogP contribution in [0.15, 0.2) is 16.6 Å². The first-order chi connectivity index (χ1) is 8.58. The van der Waals surface area contributed by atoms with Crippen molar-refractivity contribution in [2.24, 2.45) is 5.73 Å². The second kappa shape index (κ2) is 5.28. The number of carbonyl (C=O) groups is 1. The van der Waals surface area contributed by atoms with Gasteiger partial charge in [0.25, 0.3) is 5.91 Å². The number of halogens is 1. The number of nitrogens with two attached hydrogens (primary N) is 1. The van der Waals surface area contributed by atoms with Gasteiger partial charge in [-0.15, -0.1) is 0 Å². The van der Waals surface area contributed by atoms with Gasteiger partial charge in [0.2, 0.25) is 0 Å². The van der Waals surface area contributed by atoms with E-state index in [0.717, 1.165) is 22.3 Å². The third-order valence-corrected chi connectivity index (χ3v) is 3.74. The Hall–Kier alpha value is -1.07. The molecule has 1 amide bonds. The smallest absolute Gasteiger partial charge is 0.267 e. The van der Waals surface area contributed by atoms with Gasteiger partial charge in [0, 0.05) is 13.5 Å². The second-order valence-corrected chi connectivity index (χ2v) is 5.21. The minimum atomic E-state index is -0.476. The van der Waals surface area contributed by atoms with Crippen molar-refractivity contribution < 1.29 is 9.53 Å². The number of amides is 1. The van der Waals surface area contributed by atoms with E-state index in [1.807, 2.05) is 12.1 Å². The van der Waals surface area contributed by atoms with Gasteiger partial charge in [-0.05, 0) is 46.6 Å². The van der Waals surface area contributed by atoms with E-state index < -0.39 is 6.10 Å². The zero-order valence-electron chi connectivity index (χ0n) is 10.6. The maximum atomic E-state index is 12.1. The Morgan fingerprint density at radius 2 is 2.22 bits per heavy atom. The van der Waals surface area contributed by atoms with Crippen molar-refractivity contribution in [3.8, 4) is 5.75 Å². The van der Waals surface area contributed by atoms with Gasteiger partial charge in [0.1, 0.15) is 0 Å². The molecule has 1 unspecified atom stereocenters. The summed E-state index contributed by atoms with van der Waals surface area (Å²) in [4.78, 5) is 13.8. The third kappa shape index (κ3) is 2.24. The Morgan fingerprint density at radius 1 is 1.50 bits per heavy atom. The van der Waals surface area contributed by atoms with Crippen molar-refractivity contribution >= 4 is 27.5 Å². The molecule has 0 bridgehead atoms. The van der Waals surface area contributed by atoms with Crippen LogP contribution >= 0.6 is 15.9 Å². The van der Waals surface area contributed by atoms with Crippen LogP contribution in [0.25, 0.3) is 0 Å². The fourth-order valence-electron chi connectivity index (χ4n) is 2.06. The summed E-state index contributed by atoms with van der Waals surface area (Å²) in [6, 6.07) is 4.03. The third-order valence-electron chi connectivity index (χ3n) is 3.15. The van der Waals surface area contributed by atoms with Crippen LogP contribution in [0.3, 0.4) is 0 Å². The lowest BCUT2D eigenvalue weighted by atomic mass is 10.1. The van der Waals surface area contributed by atoms with Gasteiger partial charge in [-0.25, -0.2) is 0 Å². The maximum absolute atomic E-state index is 12.1. The van der Waals surface area contributed by atoms with Crippen molar-refractivity contribution in [1.29, 1.82) is 0 Å². The number of hydrogen-bond acceptors (Lipinski definition) is 3. The molecule has 1 aromatic rings. The predicted octanol–water partition coefficient (Wildman–Crippen LogP) is 2.08. The number of rotatable bonds is 3. The number of fused-ring (bicyclic) bond motifs is 1. The summed E-state index contributed by atoms with van der Waals surface area (Å²) in [5.74, 6) is 0.695. The number of nitrogens with zero attached hydrogens (tertiary/aromatic N) is 1. The molecule has 1 heterocycles. The van der Waals surface area contributed by atoms with Crippen LogP contribution in [0.4, 0.5) is 5.69 Å². The van der Waals surface area contributed by atoms with E-state index in [0.29, 0.717) is 13.0 Å². The monoisotopic (exact) mass is 312 g/mol. The lowest BCUT2D eigenvalue weighted by molar-refractivity contribution is -0.126. The normalized spacial score (nSPS) is 18.6. The average Bonchev–Trinajstić information content (AvgIpc) is 2.36. The highest BCUT2D eigenvalue weighted by Gasteiger charge is 2.33. The standard InChI is InChI=1S/C13H17BrN2O2/c1-3-8-6-9(14)12-10(7-8)16(2)13(17)11(18-12)4-5-15/h6-7,11H,3-5,15H2,1-2H3. The molecule has 1 aromatic carbocycles. The molecule has 1 aliphatic heterocycles. The van der Waals surface area contributed by atoms with Gasteiger partial charge in [-0.3, -0.25) is 4.79 Å². The summed E-state index contributed by atoms with van der Waals surface area (Å²) in [6.07, 6.45) is 0.973. The molecule has 2 rings (SSSR count). The van der Waals surface area contributed by atoms with Crippen LogP contribution in [-0.4, -0.2) is 25.6 Å². The molecule has 1 atom stereocenters. The lowest BCUT2D eigenvalue weighted by Crippen LogP contribution is -2.44. The quantitative estimate of drug-likeness (QED) is 0.929. The zero-order valence-corrected chi connectivity index (χ0v) is 12.2. The van der Waals surface area contributed by atoms with Crippen LogP contribution in [0.1, 0.15) is 18.9 Å². The SMILES string of the molecule is CCc1cc(Br)c2c(c1)N(C)C(=O)C(CCN)O2. The van der Waals surface area contributed by atoms with Gasteiger partial charge in [-0.2, -0.15) is 0 Å². The highest BCUT2D eigenvalue weighted by molar-refractivity contribution is 9.10. The molecule has 18 heavy (non-hydrogen) atoms. The Balaban J connectivity index is 2.44. The topological polar surface area (TPSA) is 55.6 Å².